The predicted octanol–water partition coefficient (Wildman–Crippen LogP) is 3.25. The summed E-state index contributed by atoms with van der Waals surface area (Å²) in [5, 5.41) is 14.4. The number of aromatic nitrogens is 2. The van der Waals surface area contributed by atoms with Gasteiger partial charge in [0.25, 0.3) is 0 Å². The zero-order chi connectivity index (χ0) is 13.9. The SMILES string of the molecule is COc1ccc(O)c(-c2ccnn2-c2ccccc2)c1. The standard InChI is InChI=1S/C16H14N2O2/c1-20-13-7-8-16(19)14(11-13)15-9-10-17-18(15)12-5-3-2-4-6-12/h2-11,19H,1H3. The van der Waals surface area contributed by atoms with Crippen LogP contribution >= 0.6 is 0 Å². The van der Waals surface area contributed by atoms with Gasteiger partial charge in [0.15, 0.2) is 0 Å². The van der Waals surface area contributed by atoms with Crippen LogP contribution in [0.15, 0.2) is 60.8 Å². The van der Waals surface area contributed by atoms with Crippen LogP contribution in [0.2, 0.25) is 0 Å². The average molecular weight is 266 g/mol. The molecule has 0 bridgehead atoms. The fraction of sp³-hybridized carbons (Fsp3) is 0.0625. The third kappa shape index (κ3) is 2.12. The first-order valence-electron chi connectivity index (χ1n) is 6.26. The van der Waals surface area contributed by atoms with Crippen LogP contribution in [0, 0.1) is 0 Å². The van der Waals surface area contributed by atoms with E-state index in [1.165, 1.54) is 0 Å². The smallest absolute Gasteiger partial charge is 0.125 e. The fourth-order valence-corrected chi connectivity index (χ4v) is 2.13. The van der Waals surface area contributed by atoms with E-state index in [2.05, 4.69) is 5.10 Å². The fourth-order valence-electron chi connectivity index (χ4n) is 2.13. The molecule has 1 N–H and O–H groups in total. The third-order valence-corrected chi connectivity index (χ3v) is 3.12. The van der Waals surface area contributed by atoms with Crippen molar-refractivity contribution in [2.45, 2.75) is 0 Å². The molecule has 2 aromatic carbocycles. The predicted molar refractivity (Wildman–Crippen MR) is 77.2 cm³/mol. The van der Waals surface area contributed by atoms with Crippen LogP contribution in [-0.2, 0) is 0 Å². The van der Waals surface area contributed by atoms with E-state index in [0.29, 0.717) is 11.3 Å². The van der Waals surface area contributed by atoms with E-state index in [9.17, 15) is 5.11 Å². The van der Waals surface area contributed by atoms with E-state index in [1.54, 1.807) is 36.2 Å². The van der Waals surface area contributed by atoms with Gasteiger partial charge in [-0.25, -0.2) is 4.68 Å². The molecule has 0 atom stereocenters. The average Bonchev–Trinajstić information content (AvgIpc) is 2.98. The van der Waals surface area contributed by atoms with Crippen LogP contribution in [0.3, 0.4) is 0 Å². The Bertz CT molecular complexity index is 720. The lowest BCUT2D eigenvalue weighted by molar-refractivity contribution is 0.412. The molecular formula is C16H14N2O2. The molecule has 100 valence electrons. The van der Waals surface area contributed by atoms with E-state index in [4.69, 9.17) is 4.74 Å². The van der Waals surface area contributed by atoms with E-state index in [1.807, 2.05) is 36.4 Å². The molecule has 4 heteroatoms. The van der Waals surface area contributed by atoms with Crippen molar-refractivity contribution >= 4 is 0 Å². The van der Waals surface area contributed by atoms with Crippen molar-refractivity contribution in [3.05, 3.63) is 60.8 Å². The van der Waals surface area contributed by atoms with Gasteiger partial charge in [0.2, 0.25) is 0 Å². The molecule has 0 saturated heterocycles. The molecule has 0 unspecified atom stereocenters. The summed E-state index contributed by atoms with van der Waals surface area (Å²) in [5.74, 6) is 0.891. The molecule has 4 nitrogen and oxygen atoms in total. The zero-order valence-corrected chi connectivity index (χ0v) is 11.0. The second kappa shape index (κ2) is 5.09. The van der Waals surface area contributed by atoms with Crippen LogP contribution in [-0.4, -0.2) is 22.0 Å². The molecule has 0 aliphatic rings. The summed E-state index contributed by atoms with van der Waals surface area (Å²) in [7, 11) is 1.60. The minimum Gasteiger partial charge on any atom is -0.507 e. The van der Waals surface area contributed by atoms with Crippen LogP contribution < -0.4 is 4.74 Å². The van der Waals surface area contributed by atoms with Gasteiger partial charge in [-0.2, -0.15) is 5.10 Å². The van der Waals surface area contributed by atoms with Crippen LogP contribution in [0.25, 0.3) is 16.9 Å². The first kappa shape index (κ1) is 12.3. The molecule has 1 heterocycles. The van der Waals surface area contributed by atoms with Crippen molar-refractivity contribution in [1.29, 1.82) is 0 Å². The number of hydrogen-bond donors (Lipinski definition) is 1. The molecular weight excluding hydrogens is 252 g/mol. The Morgan fingerprint density at radius 1 is 1.05 bits per heavy atom. The van der Waals surface area contributed by atoms with Gasteiger partial charge in [-0.3, -0.25) is 0 Å². The van der Waals surface area contributed by atoms with E-state index in [0.717, 1.165) is 11.4 Å². The monoisotopic (exact) mass is 266 g/mol. The Labute approximate surface area is 116 Å². The molecule has 0 aliphatic heterocycles. The van der Waals surface area contributed by atoms with Crippen LogP contribution in [0.5, 0.6) is 11.5 Å². The number of nitrogens with zero attached hydrogens (tertiary/aromatic N) is 2. The maximum atomic E-state index is 10.1. The van der Waals surface area contributed by atoms with Gasteiger partial charge in [0.05, 0.1) is 24.7 Å². The summed E-state index contributed by atoms with van der Waals surface area (Å²) in [6.07, 6.45) is 1.71. The molecule has 20 heavy (non-hydrogen) atoms. The van der Waals surface area contributed by atoms with E-state index in [-0.39, 0.29) is 5.75 Å². The number of methoxy groups -OCH3 is 1. The quantitative estimate of drug-likeness (QED) is 0.791. The zero-order valence-electron chi connectivity index (χ0n) is 11.0. The Hall–Kier alpha value is -2.75. The Balaban J connectivity index is 2.15. The molecule has 0 amide bonds. The van der Waals surface area contributed by atoms with E-state index < -0.39 is 0 Å². The lowest BCUT2D eigenvalue weighted by Gasteiger charge is -2.10. The maximum Gasteiger partial charge on any atom is 0.125 e. The summed E-state index contributed by atoms with van der Waals surface area (Å²) < 4.78 is 7.00. The van der Waals surface area contributed by atoms with Crippen molar-refractivity contribution in [2.24, 2.45) is 0 Å². The summed E-state index contributed by atoms with van der Waals surface area (Å²) in [4.78, 5) is 0. The minimum absolute atomic E-state index is 0.198. The molecule has 0 saturated carbocycles. The number of para-hydroxylation sites is 1. The number of phenols is 1. The number of benzene rings is 2. The van der Waals surface area contributed by atoms with Crippen molar-refractivity contribution in [3.63, 3.8) is 0 Å². The lowest BCUT2D eigenvalue weighted by Crippen LogP contribution is -1.98. The summed E-state index contributed by atoms with van der Waals surface area (Å²) in [5.41, 5.74) is 2.44. The van der Waals surface area contributed by atoms with Crippen molar-refractivity contribution < 1.29 is 9.84 Å². The maximum absolute atomic E-state index is 10.1. The first-order valence-corrected chi connectivity index (χ1v) is 6.26. The summed E-state index contributed by atoms with van der Waals surface area (Å²) in [6, 6.07) is 16.8. The van der Waals surface area contributed by atoms with Crippen molar-refractivity contribution in [3.8, 4) is 28.4 Å². The normalized spacial score (nSPS) is 10.4. The molecule has 1 aromatic heterocycles. The summed E-state index contributed by atoms with van der Waals surface area (Å²) >= 11 is 0. The van der Waals surface area contributed by atoms with Gasteiger partial charge < -0.3 is 9.84 Å². The highest BCUT2D eigenvalue weighted by molar-refractivity contribution is 5.70. The van der Waals surface area contributed by atoms with Crippen LogP contribution in [0.1, 0.15) is 0 Å². The van der Waals surface area contributed by atoms with Crippen LogP contribution in [0.4, 0.5) is 0 Å². The molecule has 3 aromatic rings. The highest BCUT2D eigenvalue weighted by atomic mass is 16.5. The highest BCUT2D eigenvalue weighted by Gasteiger charge is 2.12. The van der Waals surface area contributed by atoms with Gasteiger partial charge in [-0.05, 0) is 36.4 Å². The van der Waals surface area contributed by atoms with Crippen molar-refractivity contribution in [1.82, 2.24) is 9.78 Å². The Morgan fingerprint density at radius 2 is 1.85 bits per heavy atom. The topological polar surface area (TPSA) is 47.3 Å². The van der Waals surface area contributed by atoms with Gasteiger partial charge in [-0.15, -0.1) is 0 Å². The molecule has 0 spiro atoms. The number of ether oxygens (including phenoxy) is 1. The van der Waals surface area contributed by atoms with Gasteiger partial charge in [-0.1, -0.05) is 18.2 Å². The van der Waals surface area contributed by atoms with Crippen molar-refractivity contribution in [2.75, 3.05) is 7.11 Å². The summed E-state index contributed by atoms with van der Waals surface area (Å²) in [6.45, 7) is 0. The molecule has 3 rings (SSSR count). The molecule has 0 radical (unpaired) electrons. The van der Waals surface area contributed by atoms with Gasteiger partial charge in [0.1, 0.15) is 11.5 Å². The number of aromatic hydroxyl groups is 1. The van der Waals surface area contributed by atoms with Gasteiger partial charge in [0, 0.05) is 5.56 Å². The third-order valence-electron chi connectivity index (χ3n) is 3.12. The number of rotatable bonds is 3. The minimum atomic E-state index is 0.198. The largest absolute Gasteiger partial charge is 0.507 e. The molecule has 0 aliphatic carbocycles. The Kier molecular flexibility index (Phi) is 3.13. The lowest BCUT2D eigenvalue weighted by atomic mass is 10.1. The Morgan fingerprint density at radius 3 is 2.60 bits per heavy atom. The number of hydrogen-bond acceptors (Lipinski definition) is 3. The number of phenolic OH excluding ortho intramolecular Hbond substituents is 1. The second-order valence-electron chi connectivity index (χ2n) is 4.35. The molecule has 0 fully saturated rings. The first-order chi connectivity index (χ1) is 9.79. The van der Waals surface area contributed by atoms with Gasteiger partial charge >= 0.3 is 0 Å². The highest BCUT2D eigenvalue weighted by Crippen LogP contribution is 2.33. The second-order valence-corrected chi connectivity index (χ2v) is 4.35. The van der Waals surface area contributed by atoms with E-state index >= 15 is 0 Å².